The van der Waals surface area contributed by atoms with Crippen LogP contribution in [0.25, 0.3) is 0 Å². The number of hydrogen-bond donors (Lipinski definition) is 2. The van der Waals surface area contributed by atoms with E-state index < -0.39 is 12.1 Å². The van der Waals surface area contributed by atoms with Crippen LogP contribution in [0.15, 0.2) is 6.33 Å². The number of nitrogens with one attached hydrogen (secondary N) is 1. The van der Waals surface area contributed by atoms with Crippen molar-refractivity contribution in [3.63, 3.8) is 0 Å². The molecule has 0 fully saturated rings. The Kier molecular flexibility index (Phi) is 6.01. The molecule has 1 rings (SSSR count). The van der Waals surface area contributed by atoms with Crippen LogP contribution in [0.5, 0.6) is 5.88 Å². The van der Waals surface area contributed by atoms with Crippen LogP contribution in [0.4, 0.5) is 5.82 Å². The fourth-order valence-electron chi connectivity index (χ4n) is 1.54. The van der Waals surface area contributed by atoms with Crippen molar-refractivity contribution < 1.29 is 19.4 Å². The second-order valence-electron chi connectivity index (χ2n) is 3.92. The Bertz CT molecular complexity index is 425. The number of carboxylic acid groups (broad SMARTS) is 1. The average Bonchev–Trinajstić information content (AvgIpc) is 2.38. The van der Waals surface area contributed by atoms with Gasteiger partial charge in [0.15, 0.2) is 0 Å². The third-order valence-corrected chi connectivity index (χ3v) is 2.55. The van der Waals surface area contributed by atoms with Gasteiger partial charge in [0, 0.05) is 13.7 Å². The first-order chi connectivity index (χ1) is 9.08. The van der Waals surface area contributed by atoms with Gasteiger partial charge in [0.25, 0.3) is 0 Å². The first kappa shape index (κ1) is 15.2. The Hall–Kier alpha value is -1.89. The molecule has 1 heterocycles. The summed E-state index contributed by atoms with van der Waals surface area (Å²) in [4.78, 5) is 18.8. The summed E-state index contributed by atoms with van der Waals surface area (Å²) in [5, 5.41) is 11.8. The molecule has 1 aromatic heterocycles. The number of rotatable bonds is 8. The summed E-state index contributed by atoms with van der Waals surface area (Å²) in [6.07, 6.45) is 0.924. The highest BCUT2D eigenvalue weighted by Crippen LogP contribution is 2.20. The maximum atomic E-state index is 10.6. The lowest BCUT2D eigenvalue weighted by molar-refractivity contribution is -0.139. The van der Waals surface area contributed by atoms with Gasteiger partial charge in [0.1, 0.15) is 12.1 Å². The predicted octanol–water partition coefficient (Wildman–Crippen LogP) is 1.09. The van der Waals surface area contributed by atoms with E-state index in [4.69, 9.17) is 14.6 Å². The molecule has 0 bridgehead atoms. The number of carbonyl (C=O) groups is 1. The van der Waals surface area contributed by atoms with E-state index in [2.05, 4.69) is 15.3 Å². The SMILES string of the molecule is CCOc1ncnc(NCC(CC(=O)O)OC)c1C. The van der Waals surface area contributed by atoms with Crippen LogP contribution in [0.3, 0.4) is 0 Å². The topological polar surface area (TPSA) is 93.6 Å². The minimum Gasteiger partial charge on any atom is -0.481 e. The van der Waals surface area contributed by atoms with Gasteiger partial charge in [-0.3, -0.25) is 4.79 Å². The number of hydrogen-bond acceptors (Lipinski definition) is 6. The number of carboxylic acids is 1. The van der Waals surface area contributed by atoms with Crippen molar-refractivity contribution in [3.8, 4) is 5.88 Å². The van der Waals surface area contributed by atoms with Crippen molar-refractivity contribution >= 4 is 11.8 Å². The highest BCUT2D eigenvalue weighted by Gasteiger charge is 2.14. The van der Waals surface area contributed by atoms with Gasteiger partial charge in [0.05, 0.1) is 24.7 Å². The molecule has 7 heteroatoms. The van der Waals surface area contributed by atoms with Gasteiger partial charge in [-0.25, -0.2) is 9.97 Å². The lowest BCUT2D eigenvalue weighted by Crippen LogP contribution is -2.25. The van der Waals surface area contributed by atoms with Gasteiger partial charge in [-0.2, -0.15) is 0 Å². The van der Waals surface area contributed by atoms with Gasteiger partial charge in [0.2, 0.25) is 5.88 Å². The third-order valence-electron chi connectivity index (χ3n) is 2.55. The fraction of sp³-hybridized carbons (Fsp3) is 0.583. The Morgan fingerprint density at radius 3 is 2.84 bits per heavy atom. The number of nitrogens with zero attached hydrogens (tertiary/aromatic N) is 2. The predicted molar refractivity (Wildman–Crippen MR) is 69.5 cm³/mol. The van der Waals surface area contributed by atoms with Crippen molar-refractivity contribution in [1.82, 2.24) is 9.97 Å². The molecule has 2 N–H and O–H groups in total. The van der Waals surface area contributed by atoms with E-state index in [0.717, 1.165) is 5.56 Å². The highest BCUT2D eigenvalue weighted by molar-refractivity contribution is 5.67. The molecule has 19 heavy (non-hydrogen) atoms. The average molecular weight is 269 g/mol. The van der Waals surface area contributed by atoms with E-state index in [1.54, 1.807) is 0 Å². The van der Waals surface area contributed by atoms with E-state index in [-0.39, 0.29) is 6.42 Å². The molecular formula is C12H19N3O4. The summed E-state index contributed by atoms with van der Waals surface area (Å²) >= 11 is 0. The van der Waals surface area contributed by atoms with Gasteiger partial charge in [-0.05, 0) is 13.8 Å². The van der Waals surface area contributed by atoms with Crippen molar-refractivity contribution in [2.75, 3.05) is 25.6 Å². The van der Waals surface area contributed by atoms with Crippen LogP contribution in [0, 0.1) is 6.92 Å². The van der Waals surface area contributed by atoms with Crippen molar-refractivity contribution in [2.45, 2.75) is 26.4 Å². The third kappa shape index (κ3) is 4.70. The van der Waals surface area contributed by atoms with Crippen molar-refractivity contribution in [3.05, 3.63) is 11.9 Å². The molecule has 1 unspecified atom stereocenters. The summed E-state index contributed by atoms with van der Waals surface area (Å²) in [6.45, 7) is 4.60. The van der Waals surface area contributed by atoms with Crippen LogP contribution in [-0.2, 0) is 9.53 Å². The first-order valence-electron chi connectivity index (χ1n) is 6.01. The first-order valence-corrected chi connectivity index (χ1v) is 6.01. The molecule has 0 radical (unpaired) electrons. The van der Waals surface area contributed by atoms with E-state index in [1.165, 1.54) is 13.4 Å². The Balaban J connectivity index is 2.66. The summed E-state index contributed by atoms with van der Waals surface area (Å²) in [7, 11) is 1.48. The minimum absolute atomic E-state index is 0.0635. The molecule has 0 aliphatic rings. The number of methoxy groups -OCH3 is 1. The van der Waals surface area contributed by atoms with Crippen LogP contribution >= 0.6 is 0 Å². The molecule has 1 aromatic rings. The molecule has 0 aliphatic carbocycles. The second kappa shape index (κ2) is 7.52. The van der Waals surface area contributed by atoms with Gasteiger partial charge in [-0.1, -0.05) is 0 Å². The Labute approximate surface area is 112 Å². The zero-order valence-electron chi connectivity index (χ0n) is 11.3. The molecule has 7 nitrogen and oxygen atoms in total. The van der Waals surface area contributed by atoms with E-state index in [1.807, 2.05) is 13.8 Å². The lowest BCUT2D eigenvalue weighted by atomic mass is 10.2. The highest BCUT2D eigenvalue weighted by atomic mass is 16.5. The van der Waals surface area contributed by atoms with Crippen LogP contribution in [0.2, 0.25) is 0 Å². The maximum Gasteiger partial charge on any atom is 0.306 e. The van der Waals surface area contributed by atoms with Gasteiger partial charge in [-0.15, -0.1) is 0 Å². The summed E-state index contributed by atoms with van der Waals surface area (Å²) in [5.41, 5.74) is 0.787. The second-order valence-corrected chi connectivity index (χ2v) is 3.92. The quantitative estimate of drug-likeness (QED) is 0.729. The number of aromatic nitrogens is 2. The zero-order chi connectivity index (χ0) is 14.3. The molecule has 0 saturated carbocycles. The standard InChI is InChI=1S/C12H19N3O4/c1-4-19-12-8(2)11(14-7-15-12)13-6-9(18-3)5-10(16)17/h7,9H,4-6H2,1-3H3,(H,16,17)(H,13,14,15). The maximum absolute atomic E-state index is 10.6. The van der Waals surface area contributed by atoms with E-state index in [9.17, 15) is 4.79 Å². The van der Waals surface area contributed by atoms with E-state index >= 15 is 0 Å². The van der Waals surface area contributed by atoms with Crippen LogP contribution in [-0.4, -0.2) is 47.4 Å². The fourth-order valence-corrected chi connectivity index (χ4v) is 1.54. The largest absolute Gasteiger partial charge is 0.481 e. The smallest absolute Gasteiger partial charge is 0.306 e. The van der Waals surface area contributed by atoms with Crippen LogP contribution in [0.1, 0.15) is 18.9 Å². The number of anilines is 1. The number of aliphatic carboxylic acids is 1. The van der Waals surface area contributed by atoms with E-state index in [0.29, 0.717) is 24.8 Å². The Morgan fingerprint density at radius 2 is 2.26 bits per heavy atom. The lowest BCUT2D eigenvalue weighted by Gasteiger charge is -2.16. The molecule has 0 spiro atoms. The summed E-state index contributed by atoms with van der Waals surface area (Å²) in [6, 6.07) is 0. The summed E-state index contributed by atoms with van der Waals surface area (Å²) < 4.78 is 10.4. The molecule has 0 amide bonds. The molecule has 0 saturated heterocycles. The van der Waals surface area contributed by atoms with Gasteiger partial charge < -0.3 is 19.9 Å². The molecule has 0 aromatic carbocycles. The minimum atomic E-state index is -0.900. The molecule has 1 atom stereocenters. The normalized spacial score (nSPS) is 11.9. The Morgan fingerprint density at radius 1 is 1.53 bits per heavy atom. The monoisotopic (exact) mass is 269 g/mol. The number of ether oxygens (including phenoxy) is 2. The molecule has 106 valence electrons. The molecular weight excluding hydrogens is 250 g/mol. The van der Waals surface area contributed by atoms with Crippen molar-refractivity contribution in [2.24, 2.45) is 0 Å². The zero-order valence-corrected chi connectivity index (χ0v) is 11.3. The van der Waals surface area contributed by atoms with Crippen LogP contribution < -0.4 is 10.1 Å². The van der Waals surface area contributed by atoms with Gasteiger partial charge >= 0.3 is 5.97 Å². The summed E-state index contributed by atoms with van der Waals surface area (Å²) in [5.74, 6) is 0.237. The van der Waals surface area contributed by atoms with Crippen molar-refractivity contribution in [1.29, 1.82) is 0 Å². The molecule has 0 aliphatic heterocycles.